The zero-order valence-electron chi connectivity index (χ0n) is 32.3. The molecule has 0 aromatic heterocycles. The van der Waals surface area contributed by atoms with Crippen LogP contribution in [0.2, 0.25) is 0 Å². The summed E-state index contributed by atoms with van der Waals surface area (Å²) in [6.45, 7) is 17.5. The second kappa shape index (κ2) is 14.0. The number of rotatable bonds is 10. The number of carboxylic acid groups (broad SMARTS) is 1. The number of carboxylic acids is 1. The molecule has 5 saturated carbocycles. The second-order valence-electron chi connectivity index (χ2n) is 20.1. The third-order valence-electron chi connectivity index (χ3n) is 17.4. The molecule has 6 rings (SSSR count). The van der Waals surface area contributed by atoms with E-state index < -0.39 is 61.6 Å². The van der Waals surface area contributed by atoms with E-state index >= 15 is 0 Å². The Morgan fingerprint density at radius 1 is 0.725 bits per heavy atom. The largest absolute Gasteiger partial charge is 0.479 e. The lowest BCUT2D eigenvalue weighted by molar-refractivity contribution is -0.299. The lowest BCUT2D eigenvalue weighted by Crippen LogP contribution is -2.65. The Labute approximate surface area is 305 Å². The van der Waals surface area contributed by atoms with E-state index in [0.29, 0.717) is 51.2 Å². The molecule has 0 aromatic carbocycles. The Morgan fingerprint density at radius 3 is 2.00 bits per heavy atom. The summed E-state index contributed by atoms with van der Waals surface area (Å²) in [6.07, 6.45) is 2.42. The molecule has 0 amide bonds. The lowest BCUT2D eigenvalue weighted by Gasteiger charge is -2.73. The van der Waals surface area contributed by atoms with Crippen molar-refractivity contribution in [2.75, 3.05) is 6.61 Å². The van der Waals surface area contributed by atoms with Gasteiger partial charge in [0.05, 0.1) is 12.7 Å². The van der Waals surface area contributed by atoms with E-state index in [4.69, 9.17) is 9.47 Å². The van der Waals surface area contributed by atoms with E-state index in [1.807, 2.05) is 0 Å². The molecule has 0 spiro atoms. The Balaban J connectivity index is 1.05. The second-order valence-corrected chi connectivity index (χ2v) is 20.1. The molecule has 0 radical (unpaired) electrons. The lowest BCUT2D eigenvalue weighted by atomic mass is 9.32. The minimum atomic E-state index is -1.86. The molecule has 7 N–H and O–H groups in total. The zero-order chi connectivity index (χ0) is 37.5. The molecule has 18 unspecified atom stereocenters. The van der Waals surface area contributed by atoms with Crippen molar-refractivity contribution in [3.05, 3.63) is 0 Å². The Kier molecular flexibility index (Phi) is 11.0. The fraction of sp³-hybridized carbons (Fsp3) is 0.976. The summed E-state index contributed by atoms with van der Waals surface area (Å²) >= 11 is 0. The van der Waals surface area contributed by atoms with E-state index in [1.165, 1.54) is 70.6 Å². The van der Waals surface area contributed by atoms with Crippen LogP contribution >= 0.6 is 0 Å². The van der Waals surface area contributed by atoms with Gasteiger partial charge in [-0.2, -0.15) is 0 Å². The van der Waals surface area contributed by atoms with Crippen LogP contribution in [0.4, 0.5) is 0 Å². The molecule has 6 fully saturated rings. The summed E-state index contributed by atoms with van der Waals surface area (Å²) in [5.41, 5.74) is 1.91. The molecule has 0 aromatic rings. The number of carbonyl (C=O) groups is 1. The molecule has 294 valence electrons. The molecule has 18 atom stereocenters. The monoisotopic (exact) mass is 722 g/mol. The highest BCUT2D eigenvalue weighted by molar-refractivity contribution is 5.73. The SMILES string of the molecule is CC(CCC(O)C(O)C(O)COC1OC(C(=O)O)C(O)C(O)C1O)C1CCC2(C)C1CCC1(C)C2CCC2C3(C)CCCC(C)(C)C3CCC21C. The van der Waals surface area contributed by atoms with Gasteiger partial charge < -0.3 is 45.2 Å². The molecular formula is C41H70O10. The number of aliphatic hydroxyl groups is 6. The van der Waals surface area contributed by atoms with E-state index in [9.17, 15) is 40.5 Å². The maximum atomic E-state index is 11.4. The Morgan fingerprint density at radius 2 is 1.35 bits per heavy atom. The van der Waals surface area contributed by atoms with Crippen molar-refractivity contribution < 1.29 is 50.0 Å². The summed E-state index contributed by atoms with van der Waals surface area (Å²) in [5, 5.41) is 71.6. The molecule has 0 bridgehead atoms. The first-order valence-corrected chi connectivity index (χ1v) is 20.3. The summed E-state index contributed by atoms with van der Waals surface area (Å²) in [6, 6.07) is 0. The third kappa shape index (κ3) is 6.35. The quantitative estimate of drug-likeness (QED) is 0.164. The first kappa shape index (κ1) is 39.8. The van der Waals surface area contributed by atoms with Crippen molar-refractivity contribution in [1.29, 1.82) is 0 Å². The number of hydrogen-bond acceptors (Lipinski definition) is 9. The van der Waals surface area contributed by atoms with Crippen molar-refractivity contribution >= 4 is 5.97 Å². The van der Waals surface area contributed by atoms with Gasteiger partial charge in [-0.3, -0.25) is 0 Å². The third-order valence-corrected chi connectivity index (χ3v) is 17.4. The van der Waals surface area contributed by atoms with Gasteiger partial charge in [0.15, 0.2) is 12.4 Å². The molecule has 5 aliphatic carbocycles. The van der Waals surface area contributed by atoms with Gasteiger partial charge in [0, 0.05) is 0 Å². The van der Waals surface area contributed by atoms with E-state index in [2.05, 4.69) is 48.5 Å². The number of aliphatic carboxylic acids is 1. The molecule has 51 heavy (non-hydrogen) atoms. The topological polar surface area (TPSA) is 177 Å². The Hall–Kier alpha value is -0.850. The number of fused-ring (bicyclic) bond motifs is 7. The summed E-state index contributed by atoms with van der Waals surface area (Å²) in [7, 11) is 0. The van der Waals surface area contributed by atoms with Crippen molar-refractivity contribution in [3.8, 4) is 0 Å². The normalized spacial score (nSPS) is 50.1. The molecular weight excluding hydrogens is 652 g/mol. The van der Waals surface area contributed by atoms with Gasteiger partial charge in [0.2, 0.25) is 0 Å². The maximum absolute atomic E-state index is 11.4. The predicted octanol–water partition coefficient (Wildman–Crippen LogP) is 4.89. The van der Waals surface area contributed by atoms with Crippen LogP contribution in [0, 0.1) is 62.6 Å². The van der Waals surface area contributed by atoms with Gasteiger partial charge in [0.1, 0.15) is 30.5 Å². The molecule has 1 heterocycles. The van der Waals surface area contributed by atoms with Crippen LogP contribution in [0.25, 0.3) is 0 Å². The van der Waals surface area contributed by atoms with Crippen molar-refractivity contribution in [2.24, 2.45) is 62.6 Å². The van der Waals surface area contributed by atoms with Gasteiger partial charge in [-0.15, -0.1) is 0 Å². The molecule has 1 aliphatic heterocycles. The zero-order valence-corrected chi connectivity index (χ0v) is 32.3. The van der Waals surface area contributed by atoms with Crippen LogP contribution in [-0.2, 0) is 14.3 Å². The fourth-order valence-electron chi connectivity index (χ4n) is 14.6. The van der Waals surface area contributed by atoms with Crippen LogP contribution in [0.1, 0.15) is 132 Å². The molecule has 1 saturated heterocycles. The van der Waals surface area contributed by atoms with Crippen LogP contribution in [-0.4, -0.2) is 97.3 Å². The van der Waals surface area contributed by atoms with E-state index in [0.717, 1.165) is 24.2 Å². The minimum absolute atomic E-state index is 0.310. The van der Waals surface area contributed by atoms with Crippen molar-refractivity contribution in [2.45, 2.75) is 181 Å². The molecule has 6 aliphatic rings. The minimum Gasteiger partial charge on any atom is -0.479 e. The van der Waals surface area contributed by atoms with Gasteiger partial charge in [-0.25, -0.2) is 4.79 Å². The molecule has 10 nitrogen and oxygen atoms in total. The van der Waals surface area contributed by atoms with Crippen LogP contribution in [0.5, 0.6) is 0 Å². The van der Waals surface area contributed by atoms with Gasteiger partial charge in [-0.05, 0) is 140 Å². The van der Waals surface area contributed by atoms with Crippen molar-refractivity contribution in [3.63, 3.8) is 0 Å². The van der Waals surface area contributed by atoms with Gasteiger partial charge >= 0.3 is 5.97 Å². The number of aliphatic hydroxyl groups excluding tert-OH is 6. The average Bonchev–Trinajstić information content (AvgIpc) is 3.41. The highest BCUT2D eigenvalue weighted by atomic mass is 16.7. The molecule has 10 heteroatoms. The van der Waals surface area contributed by atoms with Crippen LogP contribution in [0.15, 0.2) is 0 Å². The van der Waals surface area contributed by atoms with Crippen LogP contribution < -0.4 is 0 Å². The first-order valence-electron chi connectivity index (χ1n) is 20.3. The van der Waals surface area contributed by atoms with E-state index in [1.54, 1.807) is 0 Å². The number of hydrogen-bond donors (Lipinski definition) is 7. The number of ether oxygens (including phenoxy) is 2. The summed E-state index contributed by atoms with van der Waals surface area (Å²) in [5.74, 6) is 2.38. The average molecular weight is 723 g/mol. The van der Waals surface area contributed by atoms with Crippen molar-refractivity contribution in [1.82, 2.24) is 0 Å². The van der Waals surface area contributed by atoms with Crippen LogP contribution in [0.3, 0.4) is 0 Å². The first-order chi connectivity index (χ1) is 23.7. The maximum Gasteiger partial charge on any atom is 0.335 e. The smallest absolute Gasteiger partial charge is 0.335 e. The highest BCUT2D eigenvalue weighted by Gasteiger charge is 2.70. The summed E-state index contributed by atoms with van der Waals surface area (Å²) < 4.78 is 10.4. The fourth-order valence-corrected chi connectivity index (χ4v) is 14.6. The Bertz CT molecular complexity index is 1260. The predicted molar refractivity (Wildman–Crippen MR) is 191 cm³/mol. The highest BCUT2D eigenvalue weighted by Crippen LogP contribution is 2.78. The summed E-state index contributed by atoms with van der Waals surface area (Å²) in [4.78, 5) is 11.4. The van der Waals surface area contributed by atoms with E-state index in [-0.39, 0.29) is 0 Å². The van der Waals surface area contributed by atoms with Gasteiger partial charge in [-0.1, -0.05) is 54.9 Å². The van der Waals surface area contributed by atoms with Gasteiger partial charge in [0.25, 0.3) is 0 Å². The standard InChI is InChI=1S/C41H70O10/c1-22(9-10-25(42)30(44)26(43)21-50-36-33(47)31(45)32(46)34(51-36)35(48)49)23-13-18-38(4)24(23)14-19-40(6)28(38)11-12-29-39(5)17-8-16-37(2,3)27(39)15-20-41(29,40)7/h22-34,36,42-47H,8-21H2,1-7H3,(H,48,49).